The van der Waals surface area contributed by atoms with Crippen molar-refractivity contribution in [1.29, 1.82) is 0 Å². The van der Waals surface area contributed by atoms with Gasteiger partial charge in [0, 0.05) is 23.3 Å². The van der Waals surface area contributed by atoms with Crippen LogP contribution in [0.3, 0.4) is 0 Å². The van der Waals surface area contributed by atoms with Crippen LogP contribution < -0.4 is 11.1 Å². The third-order valence-electron chi connectivity index (χ3n) is 2.73. The molecule has 2 nitrogen and oxygen atoms in total. The maximum absolute atomic E-state index is 13.2. The molecule has 0 heterocycles. The predicted octanol–water partition coefficient (Wildman–Crippen LogP) is 3.87. The van der Waals surface area contributed by atoms with E-state index >= 15 is 0 Å². The van der Waals surface area contributed by atoms with E-state index in [4.69, 9.17) is 17.3 Å². The number of nitrogens with two attached hydrogens (primary N) is 1. The minimum atomic E-state index is -0.697. The van der Waals surface area contributed by atoms with Crippen LogP contribution in [0.25, 0.3) is 0 Å². The summed E-state index contributed by atoms with van der Waals surface area (Å²) in [5, 5.41) is 3.11. The van der Waals surface area contributed by atoms with Crippen molar-refractivity contribution in [3.63, 3.8) is 0 Å². The Hall–Kier alpha value is -1.72. The van der Waals surface area contributed by atoms with Crippen molar-refractivity contribution in [1.82, 2.24) is 0 Å². The molecule has 20 heavy (non-hydrogen) atoms. The number of anilines is 1. The molecular weight excluding hydrogens is 289 g/mol. The highest BCUT2D eigenvalue weighted by Crippen LogP contribution is 2.24. The second-order valence-corrected chi connectivity index (χ2v) is 4.73. The van der Waals surface area contributed by atoms with Gasteiger partial charge in [0.05, 0.1) is 6.04 Å². The van der Waals surface area contributed by atoms with Crippen molar-refractivity contribution in [2.75, 3.05) is 11.9 Å². The fourth-order valence-electron chi connectivity index (χ4n) is 1.89. The summed E-state index contributed by atoms with van der Waals surface area (Å²) in [4.78, 5) is 0. The Morgan fingerprint density at radius 3 is 2.10 bits per heavy atom. The molecule has 1 unspecified atom stereocenters. The van der Waals surface area contributed by atoms with Gasteiger partial charge in [-0.3, -0.25) is 0 Å². The van der Waals surface area contributed by atoms with Gasteiger partial charge in [-0.05, 0) is 35.9 Å². The topological polar surface area (TPSA) is 38.0 Å². The molecule has 0 aliphatic rings. The lowest BCUT2D eigenvalue weighted by Gasteiger charge is -2.19. The molecule has 0 aliphatic carbocycles. The van der Waals surface area contributed by atoms with Gasteiger partial charge in [0.15, 0.2) is 0 Å². The van der Waals surface area contributed by atoms with Gasteiger partial charge in [-0.2, -0.15) is 0 Å². The molecule has 6 heteroatoms. The number of rotatable bonds is 4. The van der Waals surface area contributed by atoms with Crippen LogP contribution in [0.2, 0.25) is 5.02 Å². The summed E-state index contributed by atoms with van der Waals surface area (Å²) >= 11 is 5.74. The van der Waals surface area contributed by atoms with Gasteiger partial charge in [0.25, 0.3) is 0 Å². The van der Waals surface area contributed by atoms with Gasteiger partial charge in [0.1, 0.15) is 17.5 Å². The average Bonchev–Trinajstić information content (AvgIpc) is 2.33. The Kier molecular flexibility index (Phi) is 4.52. The Morgan fingerprint density at radius 1 is 0.950 bits per heavy atom. The largest absolute Gasteiger partial charge is 0.377 e. The molecule has 0 aliphatic heterocycles. The average molecular weight is 301 g/mol. The molecule has 2 aromatic carbocycles. The Labute approximate surface area is 119 Å². The Morgan fingerprint density at radius 2 is 1.55 bits per heavy atom. The highest BCUT2D eigenvalue weighted by Gasteiger charge is 2.13. The number of hydrogen-bond acceptors (Lipinski definition) is 2. The van der Waals surface area contributed by atoms with Crippen molar-refractivity contribution in [3.05, 3.63) is 64.4 Å². The highest BCUT2D eigenvalue weighted by molar-refractivity contribution is 6.30. The van der Waals surface area contributed by atoms with Crippen molar-refractivity contribution >= 4 is 17.3 Å². The van der Waals surface area contributed by atoms with Gasteiger partial charge in [-0.15, -0.1) is 0 Å². The van der Waals surface area contributed by atoms with E-state index in [0.29, 0.717) is 11.3 Å². The summed E-state index contributed by atoms with van der Waals surface area (Å²) in [7, 11) is 0. The molecule has 0 bridgehead atoms. The fraction of sp³-hybridized carbons (Fsp3) is 0.143. The third-order valence-corrected chi connectivity index (χ3v) is 2.94. The van der Waals surface area contributed by atoms with E-state index in [1.54, 1.807) is 0 Å². The molecular formula is C14H12ClF3N2. The van der Waals surface area contributed by atoms with Gasteiger partial charge in [0.2, 0.25) is 0 Å². The van der Waals surface area contributed by atoms with Crippen LogP contribution in [0.5, 0.6) is 0 Å². The van der Waals surface area contributed by atoms with E-state index < -0.39 is 23.5 Å². The van der Waals surface area contributed by atoms with Crippen LogP contribution in [0.15, 0.2) is 36.4 Å². The van der Waals surface area contributed by atoms with Gasteiger partial charge < -0.3 is 11.1 Å². The fourth-order valence-corrected chi connectivity index (χ4v) is 2.11. The third kappa shape index (κ3) is 3.65. The number of hydrogen-bond donors (Lipinski definition) is 2. The highest BCUT2D eigenvalue weighted by atomic mass is 35.5. The maximum Gasteiger partial charge on any atom is 0.126 e. The zero-order valence-electron chi connectivity index (χ0n) is 10.3. The standard InChI is InChI=1S/C14H12ClF3N2/c15-9-3-12(18)6-13(4-9)20-14(7-19)8-1-10(16)5-11(17)2-8/h1-6,14,20H,7,19H2. The molecule has 106 valence electrons. The number of halogens is 4. The molecule has 0 saturated carbocycles. The van der Waals surface area contributed by atoms with Crippen molar-refractivity contribution < 1.29 is 13.2 Å². The Bertz CT molecular complexity index is 579. The quantitative estimate of drug-likeness (QED) is 0.899. The summed E-state index contributed by atoms with van der Waals surface area (Å²) < 4.78 is 39.6. The minimum absolute atomic E-state index is 0.0804. The summed E-state index contributed by atoms with van der Waals surface area (Å²) in [6.45, 7) is 0.0804. The minimum Gasteiger partial charge on any atom is -0.377 e. The normalized spacial score (nSPS) is 12.2. The summed E-state index contributed by atoms with van der Waals surface area (Å²) in [5.41, 5.74) is 6.32. The van der Waals surface area contributed by atoms with Gasteiger partial charge >= 0.3 is 0 Å². The van der Waals surface area contributed by atoms with Crippen molar-refractivity contribution in [2.45, 2.75) is 6.04 Å². The zero-order valence-corrected chi connectivity index (χ0v) is 11.1. The smallest absolute Gasteiger partial charge is 0.126 e. The maximum atomic E-state index is 13.2. The molecule has 0 fully saturated rings. The van der Waals surface area contributed by atoms with E-state index in [2.05, 4.69) is 5.32 Å². The monoisotopic (exact) mass is 300 g/mol. The van der Waals surface area contributed by atoms with E-state index in [-0.39, 0.29) is 11.6 Å². The lowest BCUT2D eigenvalue weighted by Crippen LogP contribution is -2.21. The second-order valence-electron chi connectivity index (χ2n) is 4.29. The molecule has 2 aromatic rings. The van der Waals surface area contributed by atoms with E-state index in [0.717, 1.165) is 12.1 Å². The SMILES string of the molecule is NCC(Nc1cc(F)cc(Cl)c1)c1cc(F)cc(F)c1. The first-order valence-corrected chi connectivity index (χ1v) is 6.24. The summed E-state index contributed by atoms with van der Waals surface area (Å²) in [6.07, 6.45) is 0. The lowest BCUT2D eigenvalue weighted by molar-refractivity contribution is 0.576. The van der Waals surface area contributed by atoms with Crippen molar-refractivity contribution in [3.8, 4) is 0 Å². The summed E-state index contributed by atoms with van der Waals surface area (Å²) in [5.74, 6) is -1.91. The lowest BCUT2D eigenvalue weighted by atomic mass is 10.1. The van der Waals surface area contributed by atoms with Gasteiger partial charge in [-0.1, -0.05) is 11.6 Å². The van der Waals surface area contributed by atoms with Crippen LogP contribution in [0.4, 0.5) is 18.9 Å². The van der Waals surface area contributed by atoms with Crippen LogP contribution >= 0.6 is 11.6 Å². The van der Waals surface area contributed by atoms with Crippen LogP contribution in [0.1, 0.15) is 11.6 Å². The molecule has 0 spiro atoms. The first-order chi connectivity index (χ1) is 9.47. The molecule has 0 radical (unpaired) electrons. The van der Waals surface area contributed by atoms with Crippen LogP contribution in [0, 0.1) is 17.5 Å². The number of benzene rings is 2. The van der Waals surface area contributed by atoms with Crippen LogP contribution in [-0.4, -0.2) is 6.54 Å². The first-order valence-electron chi connectivity index (χ1n) is 5.86. The molecule has 2 rings (SSSR count). The van der Waals surface area contributed by atoms with E-state index in [9.17, 15) is 13.2 Å². The molecule has 1 atom stereocenters. The van der Waals surface area contributed by atoms with E-state index in [1.807, 2.05) is 0 Å². The molecule has 0 saturated heterocycles. The van der Waals surface area contributed by atoms with Gasteiger partial charge in [-0.25, -0.2) is 13.2 Å². The summed E-state index contributed by atoms with van der Waals surface area (Å²) in [6, 6.07) is 6.45. The predicted molar refractivity (Wildman–Crippen MR) is 73.2 cm³/mol. The molecule has 0 aromatic heterocycles. The molecule has 3 N–H and O–H groups in total. The zero-order chi connectivity index (χ0) is 14.7. The Balaban J connectivity index is 2.28. The van der Waals surface area contributed by atoms with Crippen molar-refractivity contribution in [2.24, 2.45) is 5.73 Å². The molecule has 0 amide bonds. The van der Waals surface area contributed by atoms with E-state index in [1.165, 1.54) is 24.3 Å². The first kappa shape index (κ1) is 14.7. The number of nitrogens with one attached hydrogen (secondary N) is 1. The second kappa shape index (κ2) is 6.15. The van der Waals surface area contributed by atoms with Crippen LogP contribution in [-0.2, 0) is 0 Å².